The summed E-state index contributed by atoms with van der Waals surface area (Å²) in [6.07, 6.45) is 5.97. The van der Waals surface area contributed by atoms with Crippen LogP contribution in [0.3, 0.4) is 0 Å². The first-order valence-electron chi connectivity index (χ1n) is 6.30. The van der Waals surface area contributed by atoms with E-state index in [4.69, 9.17) is 4.74 Å². The fourth-order valence-corrected chi connectivity index (χ4v) is 3.08. The predicted molar refractivity (Wildman–Crippen MR) is 67.6 cm³/mol. The van der Waals surface area contributed by atoms with Gasteiger partial charge >= 0.3 is 0 Å². The second-order valence-electron chi connectivity index (χ2n) is 5.22. The van der Waals surface area contributed by atoms with E-state index in [1.807, 2.05) is 30.3 Å². The predicted octanol–water partition coefficient (Wildman–Crippen LogP) is 2.86. The van der Waals surface area contributed by atoms with Crippen LogP contribution in [0.2, 0.25) is 0 Å². The molecule has 2 nitrogen and oxygen atoms in total. The van der Waals surface area contributed by atoms with Gasteiger partial charge in [-0.3, -0.25) is 0 Å². The molecule has 90 valence electrons. The van der Waals surface area contributed by atoms with Crippen molar-refractivity contribution in [1.82, 2.24) is 0 Å². The van der Waals surface area contributed by atoms with Gasteiger partial charge in [-0.25, -0.2) is 0 Å². The molecule has 3 rings (SSSR count). The zero-order valence-electron chi connectivity index (χ0n) is 9.93. The van der Waals surface area contributed by atoms with Crippen molar-refractivity contribution in [1.29, 1.82) is 0 Å². The number of ether oxygens (including phenoxy) is 1. The van der Waals surface area contributed by atoms with Crippen LogP contribution < -0.4 is 0 Å². The van der Waals surface area contributed by atoms with E-state index in [2.05, 4.69) is 6.58 Å². The standard InChI is InChI=1S/C15H18O2/c1-2-11-3-5-12(6-4-11)15(16)9-13-7-8-14(10-15)17-13/h2-6,13-14,16H,1,7-10H2. The van der Waals surface area contributed by atoms with E-state index in [0.717, 1.165) is 36.8 Å². The highest BCUT2D eigenvalue weighted by molar-refractivity contribution is 5.47. The number of hydrogen-bond acceptors (Lipinski definition) is 2. The van der Waals surface area contributed by atoms with Crippen molar-refractivity contribution >= 4 is 6.08 Å². The second kappa shape index (κ2) is 3.97. The maximum absolute atomic E-state index is 10.8. The Morgan fingerprint density at radius 1 is 1.18 bits per heavy atom. The minimum atomic E-state index is -0.691. The monoisotopic (exact) mass is 230 g/mol. The maximum Gasteiger partial charge on any atom is 0.0945 e. The zero-order chi connectivity index (χ0) is 11.9. The molecule has 0 aliphatic carbocycles. The van der Waals surface area contributed by atoms with Gasteiger partial charge in [0, 0.05) is 12.8 Å². The summed E-state index contributed by atoms with van der Waals surface area (Å²) in [6, 6.07) is 8.05. The Morgan fingerprint density at radius 2 is 1.76 bits per heavy atom. The van der Waals surface area contributed by atoms with Gasteiger partial charge in [-0.2, -0.15) is 0 Å². The van der Waals surface area contributed by atoms with E-state index in [1.54, 1.807) is 0 Å². The van der Waals surface area contributed by atoms with Crippen molar-refractivity contribution < 1.29 is 9.84 Å². The van der Waals surface area contributed by atoms with Gasteiger partial charge in [0.05, 0.1) is 17.8 Å². The SMILES string of the molecule is C=Cc1ccc(C2(O)CC3CCC(C2)O3)cc1. The largest absolute Gasteiger partial charge is 0.385 e. The lowest BCUT2D eigenvalue weighted by Crippen LogP contribution is -2.38. The zero-order valence-corrected chi connectivity index (χ0v) is 9.93. The first kappa shape index (κ1) is 11.0. The lowest BCUT2D eigenvalue weighted by molar-refractivity contribution is -0.115. The van der Waals surface area contributed by atoms with E-state index in [1.165, 1.54) is 0 Å². The second-order valence-corrected chi connectivity index (χ2v) is 5.22. The maximum atomic E-state index is 10.8. The van der Waals surface area contributed by atoms with Gasteiger partial charge in [-0.1, -0.05) is 36.9 Å². The molecule has 0 radical (unpaired) electrons. The van der Waals surface area contributed by atoms with Crippen LogP contribution >= 0.6 is 0 Å². The Hall–Kier alpha value is -1.12. The van der Waals surface area contributed by atoms with Crippen molar-refractivity contribution in [3.63, 3.8) is 0 Å². The molecular weight excluding hydrogens is 212 g/mol. The van der Waals surface area contributed by atoms with Crippen molar-refractivity contribution in [3.05, 3.63) is 42.0 Å². The van der Waals surface area contributed by atoms with E-state index in [9.17, 15) is 5.11 Å². The van der Waals surface area contributed by atoms with Crippen molar-refractivity contribution in [2.24, 2.45) is 0 Å². The number of fused-ring (bicyclic) bond motifs is 2. The highest BCUT2D eigenvalue weighted by Gasteiger charge is 2.44. The normalized spacial score (nSPS) is 35.8. The van der Waals surface area contributed by atoms with Gasteiger partial charge in [-0.05, 0) is 24.0 Å². The van der Waals surface area contributed by atoms with Crippen LogP contribution in [0, 0.1) is 0 Å². The summed E-state index contributed by atoms with van der Waals surface area (Å²) >= 11 is 0. The molecule has 2 heteroatoms. The van der Waals surface area contributed by atoms with Crippen LogP contribution in [0.5, 0.6) is 0 Å². The van der Waals surface area contributed by atoms with Crippen molar-refractivity contribution in [3.8, 4) is 0 Å². The topological polar surface area (TPSA) is 29.5 Å². The van der Waals surface area contributed by atoms with Crippen LogP contribution in [0.15, 0.2) is 30.8 Å². The Balaban J connectivity index is 1.88. The van der Waals surface area contributed by atoms with Crippen LogP contribution in [0.4, 0.5) is 0 Å². The fourth-order valence-electron chi connectivity index (χ4n) is 3.08. The molecule has 2 atom stereocenters. The fraction of sp³-hybridized carbons (Fsp3) is 0.467. The summed E-state index contributed by atoms with van der Waals surface area (Å²) in [6.45, 7) is 3.74. The highest BCUT2D eigenvalue weighted by Crippen LogP contribution is 2.43. The third-order valence-corrected chi connectivity index (χ3v) is 4.01. The molecule has 2 aliphatic rings. The molecular formula is C15H18O2. The summed E-state index contributed by atoms with van der Waals surface area (Å²) < 4.78 is 5.78. The lowest BCUT2D eigenvalue weighted by atomic mass is 9.83. The third-order valence-electron chi connectivity index (χ3n) is 4.01. The first-order chi connectivity index (χ1) is 8.19. The van der Waals surface area contributed by atoms with E-state index < -0.39 is 5.60 Å². The third kappa shape index (κ3) is 1.92. The van der Waals surface area contributed by atoms with E-state index >= 15 is 0 Å². The number of rotatable bonds is 2. The molecule has 0 amide bonds. The molecule has 1 aromatic carbocycles. The molecule has 0 spiro atoms. The summed E-state index contributed by atoms with van der Waals surface area (Å²) in [5.74, 6) is 0. The van der Waals surface area contributed by atoms with Crippen LogP contribution in [-0.2, 0) is 10.3 Å². The highest BCUT2D eigenvalue weighted by atomic mass is 16.5. The van der Waals surface area contributed by atoms with Gasteiger partial charge in [0.15, 0.2) is 0 Å². The molecule has 2 unspecified atom stereocenters. The molecule has 2 fully saturated rings. The summed E-state index contributed by atoms with van der Waals surface area (Å²) in [5.41, 5.74) is 1.42. The minimum Gasteiger partial charge on any atom is -0.385 e. The smallest absolute Gasteiger partial charge is 0.0945 e. The first-order valence-corrected chi connectivity index (χ1v) is 6.30. The molecule has 2 aliphatic heterocycles. The minimum absolute atomic E-state index is 0.248. The van der Waals surface area contributed by atoms with Gasteiger partial charge in [0.1, 0.15) is 0 Å². The summed E-state index contributed by atoms with van der Waals surface area (Å²) in [5, 5.41) is 10.8. The quantitative estimate of drug-likeness (QED) is 0.846. The van der Waals surface area contributed by atoms with E-state index in [-0.39, 0.29) is 12.2 Å². The van der Waals surface area contributed by atoms with Crippen LogP contribution in [0.25, 0.3) is 6.08 Å². The molecule has 0 saturated carbocycles. The molecule has 17 heavy (non-hydrogen) atoms. The average Bonchev–Trinajstić information content (AvgIpc) is 2.69. The molecule has 1 aromatic rings. The van der Waals surface area contributed by atoms with Crippen LogP contribution in [-0.4, -0.2) is 17.3 Å². The van der Waals surface area contributed by atoms with Gasteiger partial charge in [0.25, 0.3) is 0 Å². The van der Waals surface area contributed by atoms with E-state index in [0.29, 0.717) is 0 Å². The van der Waals surface area contributed by atoms with Gasteiger partial charge < -0.3 is 9.84 Å². The molecule has 0 aromatic heterocycles. The Kier molecular flexibility index (Phi) is 2.57. The van der Waals surface area contributed by atoms with Crippen molar-refractivity contribution in [2.75, 3.05) is 0 Å². The molecule has 1 N–H and O–H groups in total. The Bertz CT molecular complexity index is 409. The number of hydrogen-bond donors (Lipinski definition) is 1. The lowest BCUT2D eigenvalue weighted by Gasteiger charge is -2.36. The summed E-state index contributed by atoms with van der Waals surface area (Å²) in [4.78, 5) is 0. The Morgan fingerprint density at radius 3 is 2.29 bits per heavy atom. The summed E-state index contributed by atoms with van der Waals surface area (Å²) in [7, 11) is 0. The molecule has 2 saturated heterocycles. The van der Waals surface area contributed by atoms with Crippen LogP contribution in [0.1, 0.15) is 36.8 Å². The van der Waals surface area contributed by atoms with Crippen molar-refractivity contribution in [2.45, 2.75) is 43.5 Å². The molecule has 2 bridgehead atoms. The number of aliphatic hydroxyl groups is 1. The Labute approximate surface area is 102 Å². The van der Waals surface area contributed by atoms with Gasteiger partial charge in [-0.15, -0.1) is 0 Å². The van der Waals surface area contributed by atoms with Gasteiger partial charge in [0.2, 0.25) is 0 Å². The molecule has 2 heterocycles. The average molecular weight is 230 g/mol. The number of benzene rings is 1.